The van der Waals surface area contributed by atoms with Crippen LogP contribution in [0.5, 0.6) is 5.88 Å². The summed E-state index contributed by atoms with van der Waals surface area (Å²) < 4.78 is 5.22. The second-order valence-corrected chi connectivity index (χ2v) is 4.48. The first-order valence-electron chi connectivity index (χ1n) is 6.71. The van der Waals surface area contributed by atoms with E-state index in [1.807, 2.05) is 0 Å². The topological polar surface area (TPSA) is 114 Å². The van der Waals surface area contributed by atoms with E-state index in [1.165, 1.54) is 19.3 Å². The van der Waals surface area contributed by atoms with Gasteiger partial charge in [-0.3, -0.25) is 15.5 Å². The molecule has 0 saturated heterocycles. The molecule has 0 aliphatic rings. The van der Waals surface area contributed by atoms with Crippen molar-refractivity contribution in [3.05, 3.63) is 21.7 Å². The lowest BCUT2D eigenvalue weighted by Gasteiger charge is -2.06. The number of hydrogen-bond donors (Lipinski definition) is 2. The van der Waals surface area contributed by atoms with Crippen molar-refractivity contribution in [2.75, 3.05) is 6.61 Å². The molecule has 1 rings (SSSR count). The number of hydrogen-bond acceptors (Lipinski definition) is 6. The van der Waals surface area contributed by atoms with Gasteiger partial charge in [-0.05, 0) is 6.42 Å². The zero-order valence-electron chi connectivity index (χ0n) is 11.5. The van der Waals surface area contributed by atoms with E-state index in [2.05, 4.69) is 12.0 Å². The Morgan fingerprint density at radius 3 is 2.70 bits per heavy atom. The highest BCUT2D eigenvalue weighted by Gasteiger charge is 2.18. The second-order valence-electron chi connectivity index (χ2n) is 4.48. The highest BCUT2D eigenvalue weighted by Crippen LogP contribution is 2.21. The number of nitrogens with zero attached hydrogens (tertiary/aromatic N) is 3. The van der Waals surface area contributed by atoms with E-state index in [0.717, 1.165) is 25.3 Å². The fourth-order valence-corrected chi connectivity index (χ4v) is 1.72. The summed E-state index contributed by atoms with van der Waals surface area (Å²) in [7, 11) is 0. The van der Waals surface area contributed by atoms with Crippen LogP contribution in [0.15, 0.2) is 6.07 Å². The highest BCUT2D eigenvalue weighted by atomic mass is 16.6. The van der Waals surface area contributed by atoms with E-state index < -0.39 is 16.1 Å². The summed E-state index contributed by atoms with van der Waals surface area (Å²) in [6, 6.07) is 0.906. The zero-order chi connectivity index (χ0) is 15.0. The van der Waals surface area contributed by atoms with Gasteiger partial charge in [0.05, 0.1) is 17.6 Å². The average Bonchev–Trinajstić information content (AvgIpc) is 2.41. The van der Waals surface area contributed by atoms with E-state index in [9.17, 15) is 15.3 Å². The molecule has 0 radical (unpaired) electrons. The number of aromatic nitrogens is 2. The minimum absolute atomic E-state index is 0.254. The van der Waals surface area contributed by atoms with Crippen molar-refractivity contribution >= 4 is 5.69 Å². The van der Waals surface area contributed by atoms with Crippen LogP contribution in [-0.4, -0.2) is 26.7 Å². The average molecular weight is 284 g/mol. The van der Waals surface area contributed by atoms with Crippen molar-refractivity contribution in [1.82, 2.24) is 9.94 Å². The number of unbranched alkanes of at least 4 members (excludes halogenated alkanes) is 5. The molecule has 112 valence electrons. The van der Waals surface area contributed by atoms with Crippen LogP contribution in [0.4, 0.5) is 5.69 Å². The Balaban J connectivity index is 2.49. The van der Waals surface area contributed by atoms with Gasteiger partial charge in [-0.2, -0.15) is 0 Å². The summed E-state index contributed by atoms with van der Waals surface area (Å²) >= 11 is 0. The van der Waals surface area contributed by atoms with E-state index in [0.29, 0.717) is 6.61 Å². The third kappa shape index (κ3) is 4.87. The summed E-state index contributed by atoms with van der Waals surface area (Å²) in [4.78, 5) is 10.4. The lowest BCUT2D eigenvalue weighted by Crippen LogP contribution is -2.21. The van der Waals surface area contributed by atoms with Crippen molar-refractivity contribution in [3.8, 4) is 5.88 Å². The zero-order valence-corrected chi connectivity index (χ0v) is 11.5. The third-order valence-corrected chi connectivity index (χ3v) is 2.83. The Morgan fingerprint density at radius 1 is 1.40 bits per heavy atom. The monoisotopic (exact) mass is 284 g/mol. The Morgan fingerprint density at radius 2 is 2.05 bits per heavy atom. The van der Waals surface area contributed by atoms with Gasteiger partial charge in [0.2, 0.25) is 0 Å². The maximum Gasteiger partial charge on any atom is 0.336 e. The van der Waals surface area contributed by atoms with Gasteiger partial charge in [0, 0.05) is 0 Å². The Kier molecular flexibility index (Phi) is 6.48. The highest BCUT2D eigenvalue weighted by molar-refractivity contribution is 5.38. The van der Waals surface area contributed by atoms with Gasteiger partial charge in [0.15, 0.2) is 5.49 Å². The molecule has 0 aromatic carbocycles. The molecular weight excluding hydrogens is 264 g/mol. The lowest BCUT2D eigenvalue weighted by molar-refractivity contribution is -0.386. The molecule has 20 heavy (non-hydrogen) atoms. The van der Waals surface area contributed by atoms with Crippen LogP contribution < -0.4 is 10.2 Å². The van der Waals surface area contributed by atoms with Crippen LogP contribution in [0.1, 0.15) is 45.4 Å². The molecule has 0 unspecified atom stereocenters. The van der Waals surface area contributed by atoms with Crippen LogP contribution in [0.3, 0.4) is 0 Å². The summed E-state index contributed by atoms with van der Waals surface area (Å²) in [5.74, 6) is -0.262. The maximum absolute atomic E-state index is 10.8. The molecule has 0 aliphatic heterocycles. The van der Waals surface area contributed by atoms with Crippen molar-refractivity contribution in [1.29, 1.82) is 5.41 Å². The maximum atomic E-state index is 10.8. The Labute approximate surface area is 116 Å². The number of rotatable bonds is 9. The van der Waals surface area contributed by atoms with Gasteiger partial charge >= 0.3 is 11.6 Å². The van der Waals surface area contributed by atoms with Crippen LogP contribution in [-0.2, 0) is 0 Å². The predicted molar refractivity (Wildman–Crippen MR) is 70.8 cm³/mol. The van der Waals surface area contributed by atoms with Crippen molar-refractivity contribution in [2.24, 2.45) is 0 Å². The molecule has 0 atom stereocenters. The molecule has 1 aromatic rings. The van der Waals surface area contributed by atoms with Crippen LogP contribution >= 0.6 is 0 Å². The predicted octanol–water partition coefficient (Wildman–Crippen LogP) is 2.25. The quantitative estimate of drug-likeness (QED) is 0.312. The van der Waals surface area contributed by atoms with Crippen molar-refractivity contribution < 1.29 is 14.9 Å². The summed E-state index contributed by atoms with van der Waals surface area (Å²) in [6.07, 6.45) is 6.45. The van der Waals surface area contributed by atoms with E-state index >= 15 is 0 Å². The lowest BCUT2D eigenvalue weighted by atomic mass is 10.1. The van der Waals surface area contributed by atoms with Crippen LogP contribution in [0.25, 0.3) is 0 Å². The minimum Gasteiger partial charge on any atom is -0.472 e. The molecule has 2 N–H and O–H groups in total. The fraction of sp³-hybridized carbons (Fsp3) is 0.667. The molecule has 0 fully saturated rings. The molecule has 1 aromatic heterocycles. The van der Waals surface area contributed by atoms with E-state index in [-0.39, 0.29) is 10.7 Å². The van der Waals surface area contributed by atoms with Gasteiger partial charge in [-0.1, -0.05) is 49.0 Å². The molecule has 0 spiro atoms. The van der Waals surface area contributed by atoms with Gasteiger partial charge in [0.1, 0.15) is 0 Å². The second kappa shape index (κ2) is 8.13. The molecule has 0 bridgehead atoms. The fourth-order valence-electron chi connectivity index (χ4n) is 1.72. The summed E-state index contributed by atoms with van der Waals surface area (Å²) in [6.45, 7) is 2.45. The standard InChI is InChI=1S/C12H20N4O4/c1-2-3-4-5-6-7-8-20-12-10(16(18)19)9-11(13)15(17)14-12/h9,13,17H,2-8H2,1H3. The van der Waals surface area contributed by atoms with Crippen LogP contribution in [0.2, 0.25) is 0 Å². The molecule has 0 saturated carbocycles. The molecule has 0 aliphatic carbocycles. The first-order valence-corrected chi connectivity index (χ1v) is 6.71. The first-order chi connectivity index (χ1) is 9.56. The Hall–Kier alpha value is -2.12. The number of nitrogens with one attached hydrogen (secondary N) is 1. The number of ether oxygens (including phenoxy) is 1. The van der Waals surface area contributed by atoms with Gasteiger partial charge in [-0.15, -0.1) is 0 Å². The smallest absolute Gasteiger partial charge is 0.336 e. The first kappa shape index (κ1) is 15.9. The Bertz CT molecular complexity index is 501. The molecule has 8 nitrogen and oxygen atoms in total. The van der Waals surface area contributed by atoms with Crippen LogP contribution in [0, 0.1) is 15.5 Å². The van der Waals surface area contributed by atoms with Gasteiger partial charge in [0.25, 0.3) is 0 Å². The largest absolute Gasteiger partial charge is 0.472 e. The number of nitro groups is 1. The molecule has 1 heterocycles. The molecule has 8 heteroatoms. The van der Waals surface area contributed by atoms with Gasteiger partial charge in [-0.25, -0.2) is 0 Å². The molecular formula is C12H20N4O4. The van der Waals surface area contributed by atoms with Gasteiger partial charge < -0.3 is 9.94 Å². The van der Waals surface area contributed by atoms with E-state index in [1.54, 1.807) is 0 Å². The normalized spacial score (nSPS) is 10.4. The summed E-state index contributed by atoms with van der Waals surface area (Å²) in [5.41, 5.74) is -0.880. The van der Waals surface area contributed by atoms with Crippen molar-refractivity contribution in [3.63, 3.8) is 0 Å². The summed E-state index contributed by atoms with van der Waals surface area (Å²) in [5, 5.41) is 30.7. The minimum atomic E-state index is -0.679. The van der Waals surface area contributed by atoms with E-state index in [4.69, 9.17) is 10.1 Å². The molecule has 0 amide bonds. The van der Waals surface area contributed by atoms with Crippen molar-refractivity contribution in [2.45, 2.75) is 45.4 Å². The third-order valence-electron chi connectivity index (χ3n) is 2.83. The SMILES string of the molecule is CCCCCCCCOc1nn(O)c(=N)cc1[N+](=O)[O-].